The number of aryl methyl sites for hydroxylation is 1. The van der Waals surface area contributed by atoms with E-state index in [0.717, 1.165) is 22.8 Å². The van der Waals surface area contributed by atoms with Crippen LogP contribution in [0, 0.1) is 23.0 Å². The van der Waals surface area contributed by atoms with Crippen LogP contribution in [0.2, 0.25) is 10.0 Å². The van der Waals surface area contributed by atoms with Gasteiger partial charge in [0.15, 0.2) is 0 Å². The molecule has 2 amide bonds. The standard InChI is InChI=1S/C36H41Cl2N3O10/c1-19-8-7-9-28(48-6)36(45)17-27(49-31(43)18-36)21(3)33-35(4,51-33)29(50-34(44)39-23-10-11-25(41(46)47)24(37)15-23)16-30(42)40(5)26-14-22(12-19)13-20(2)32(26)38/h7-11,13-15,21,27-29,33,45H,12,16-18H2,1-6H3,(H,39,44)/b9-7+,19-8+/t21-,27+,28-,29+,33+,35+,36-/m1/s1. The number of nitro benzene ring substituents is 1. The minimum Gasteiger partial charge on any atom is -0.462 e. The van der Waals surface area contributed by atoms with Crippen molar-refractivity contribution >= 4 is 58.2 Å². The Morgan fingerprint density at radius 3 is 2.59 bits per heavy atom. The highest BCUT2D eigenvalue weighted by atomic mass is 35.5. The Balaban J connectivity index is 1.51. The van der Waals surface area contributed by atoms with E-state index in [1.54, 1.807) is 33.0 Å². The van der Waals surface area contributed by atoms with Crippen LogP contribution in [-0.4, -0.2) is 77.8 Å². The highest BCUT2D eigenvalue weighted by Gasteiger charge is 2.64. The van der Waals surface area contributed by atoms with Crippen LogP contribution in [0.5, 0.6) is 0 Å². The number of ether oxygens (including phenoxy) is 4. The Bertz CT molecular complexity index is 1800. The third-order valence-electron chi connectivity index (χ3n) is 9.84. The van der Waals surface area contributed by atoms with Gasteiger partial charge in [-0.15, -0.1) is 0 Å². The third kappa shape index (κ3) is 8.23. The lowest BCUT2D eigenvalue weighted by Crippen LogP contribution is -2.53. The van der Waals surface area contributed by atoms with Crippen molar-refractivity contribution in [2.75, 3.05) is 24.4 Å². The highest BCUT2D eigenvalue weighted by Crippen LogP contribution is 2.49. The zero-order valence-electron chi connectivity index (χ0n) is 29.1. The summed E-state index contributed by atoms with van der Waals surface area (Å²) in [6.45, 7) is 7.28. The number of carbonyl (C=O) groups is 3. The molecular formula is C36H41Cl2N3O10. The molecule has 0 saturated carbocycles. The van der Waals surface area contributed by atoms with E-state index >= 15 is 0 Å². The zero-order valence-corrected chi connectivity index (χ0v) is 30.6. The van der Waals surface area contributed by atoms with Crippen LogP contribution in [0.3, 0.4) is 0 Å². The predicted molar refractivity (Wildman–Crippen MR) is 190 cm³/mol. The number of hydrogen-bond donors (Lipinski definition) is 2. The lowest BCUT2D eigenvalue weighted by Gasteiger charge is -2.41. The number of nitrogens with zero attached hydrogens (tertiary/aromatic N) is 2. The second kappa shape index (κ2) is 14.9. The van der Waals surface area contributed by atoms with Gasteiger partial charge in [-0.1, -0.05) is 60.0 Å². The molecule has 2 aromatic rings. The Morgan fingerprint density at radius 1 is 1.20 bits per heavy atom. The highest BCUT2D eigenvalue weighted by molar-refractivity contribution is 6.34. The molecule has 0 unspecified atom stereocenters. The first-order chi connectivity index (χ1) is 23.9. The minimum absolute atomic E-state index is 0.0413. The molecule has 5 rings (SSSR count). The molecule has 7 atom stereocenters. The van der Waals surface area contributed by atoms with Gasteiger partial charge in [0.1, 0.15) is 34.5 Å². The molecule has 3 heterocycles. The number of hydrogen-bond acceptors (Lipinski definition) is 10. The number of epoxide rings is 1. The number of nitrogens with one attached hydrogen (secondary N) is 1. The number of halogens is 2. The first-order valence-electron chi connectivity index (χ1n) is 16.4. The normalized spacial score (nSPS) is 31.4. The van der Waals surface area contributed by atoms with E-state index < -0.39 is 64.4 Å². The van der Waals surface area contributed by atoms with Gasteiger partial charge in [0, 0.05) is 38.2 Å². The lowest BCUT2D eigenvalue weighted by atomic mass is 9.78. The van der Waals surface area contributed by atoms with E-state index in [1.807, 2.05) is 32.1 Å². The summed E-state index contributed by atoms with van der Waals surface area (Å²) in [5.41, 5.74) is 0.0694. The van der Waals surface area contributed by atoms with E-state index in [0.29, 0.717) is 17.1 Å². The zero-order chi connectivity index (χ0) is 37.4. The van der Waals surface area contributed by atoms with Crippen molar-refractivity contribution in [2.24, 2.45) is 5.92 Å². The number of esters is 1. The Hall–Kier alpha value is -4.01. The van der Waals surface area contributed by atoms with Crippen molar-refractivity contribution in [3.05, 3.63) is 85.4 Å². The quantitative estimate of drug-likeness (QED) is 0.153. The summed E-state index contributed by atoms with van der Waals surface area (Å²) in [5.74, 6) is -1.55. The van der Waals surface area contributed by atoms with Gasteiger partial charge in [-0.3, -0.25) is 25.0 Å². The summed E-state index contributed by atoms with van der Waals surface area (Å²) in [6.07, 6.45) is 0.914. The number of nitro groups is 1. The number of methoxy groups -OCH3 is 1. The number of allylic oxidation sites excluding steroid dienone is 3. The molecule has 2 saturated heterocycles. The summed E-state index contributed by atoms with van der Waals surface area (Å²) in [7, 11) is 3.04. The first-order valence-corrected chi connectivity index (χ1v) is 17.1. The minimum atomic E-state index is -1.59. The maximum atomic E-state index is 14.0. The van der Waals surface area contributed by atoms with Crippen LogP contribution in [0.1, 0.15) is 51.2 Å². The second-order valence-electron chi connectivity index (χ2n) is 13.7. The number of benzene rings is 2. The monoisotopic (exact) mass is 745 g/mol. The smallest absolute Gasteiger partial charge is 0.412 e. The van der Waals surface area contributed by atoms with Crippen molar-refractivity contribution < 1.29 is 43.4 Å². The van der Waals surface area contributed by atoms with Gasteiger partial charge in [0.2, 0.25) is 5.91 Å². The van der Waals surface area contributed by atoms with Crippen molar-refractivity contribution in [1.82, 2.24) is 0 Å². The van der Waals surface area contributed by atoms with Gasteiger partial charge in [-0.05, 0) is 56.5 Å². The summed E-state index contributed by atoms with van der Waals surface area (Å²) in [4.78, 5) is 52.1. The topological polar surface area (TPSA) is 170 Å². The molecular weight excluding hydrogens is 705 g/mol. The van der Waals surface area contributed by atoms with Gasteiger partial charge in [-0.2, -0.15) is 0 Å². The van der Waals surface area contributed by atoms with Crippen LogP contribution in [-0.2, 0) is 35.0 Å². The molecule has 274 valence electrons. The summed E-state index contributed by atoms with van der Waals surface area (Å²) in [6, 6.07) is 7.42. The van der Waals surface area contributed by atoms with Gasteiger partial charge in [-0.25, -0.2) is 4.79 Å². The molecule has 0 radical (unpaired) electrons. The van der Waals surface area contributed by atoms with E-state index in [2.05, 4.69) is 5.32 Å². The van der Waals surface area contributed by atoms with Crippen molar-refractivity contribution in [1.29, 1.82) is 0 Å². The fraction of sp³-hybridized carbons (Fsp3) is 0.472. The number of anilines is 2. The van der Waals surface area contributed by atoms with Crippen LogP contribution >= 0.6 is 23.2 Å². The molecule has 0 spiro atoms. The molecule has 0 aromatic heterocycles. The van der Waals surface area contributed by atoms with E-state index in [-0.39, 0.29) is 35.7 Å². The molecule has 2 aromatic carbocycles. The summed E-state index contributed by atoms with van der Waals surface area (Å²) < 4.78 is 23.5. The van der Waals surface area contributed by atoms with Crippen LogP contribution in [0.4, 0.5) is 21.9 Å². The largest absolute Gasteiger partial charge is 0.462 e. The SMILES string of the molecule is CO[C@@H]1/C=C/C=C(\C)Cc2cc(C)c(Cl)c(c2)N(C)C(=O)C[C@H](OC(=O)Nc2ccc([N+](=O)[O-])c(Cl)c2)[C@]2(C)O[C@H]2[C@H](C)[C@@H]2C[C@@]1(O)CC(=O)O2. The maximum absolute atomic E-state index is 14.0. The van der Waals surface area contributed by atoms with E-state index in [9.17, 15) is 29.6 Å². The van der Waals surface area contributed by atoms with Gasteiger partial charge < -0.3 is 29.0 Å². The molecule has 4 bridgehead atoms. The lowest BCUT2D eigenvalue weighted by molar-refractivity contribution is -0.384. The fourth-order valence-electron chi connectivity index (χ4n) is 6.90. The number of carbonyl (C=O) groups excluding carboxylic acids is 3. The molecule has 3 aliphatic rings. The molecule has 2 fully saturated rings. The molecule has 2 N–H and O–H groups in total. The Morgan fingerprint density at radius 2 is 1.92 bits per heavy atom. The third-order valence-corrected chi connectivity index (χ3v) is 10.6. The van der Waals surface area contributed by atoms with Crippen molar-refractivity contribution in [3.8, 4) is 0 Å². The van der Waals surface area contributed by atoms with Gasteiger partial charge >= 0.3 is 12.1 Å². The fourth-order valence-corrected chi connectivity index (χ4v) is 7.39. The van der Waals surface area contributed by atoms with Crippen LogP contribution < -0.4 is 10.2 Å². The molecule has 3 aliphatic heterocycles. The Labute approximate surface area is 305 Å². The number of fused-ring (bicyclic) bond motifs is 5. The van der Waals surface area contributed by atoms with E-state index in [4.69, 9.17) is 42.1 Å². The second-order valence-corrected chi connectivity index (χ2v) is 14.5. The number of aliphatic hydroxyl groups is 1. The van der Waals surface area contributed by atoms with E-state index in [1.165, 1.54) is 24.1 Å². The summed E-state index contributed by atoms with van der Waals surface area (Å²) in [5, 5.41) is 25.7. The molecule has 15 heteroatoms. The predicted octanol–water partition coefficient (Wildman–Crippen LogP) is 6.48. The number of amides is 2. The molecule has 51 heavy (non-hydrogen) atoms. The molecule has 0 aliphatic carbocycles. The first kappa shape index (κ1) is 38.2. The van der Waals surface area contributed by atoms with Gasteiger partial charge in [0.05, 0.1) is 34.6 Å². The van der Waals surface area contributed by atoms with Crippen molar-refractivity contribution in [2.45, 2.75) is 89.0 Å². The molecule has 13 nitrogen and oxygen atoms in total. The maximum Gasteiger partial charge on any atom is 0.412 e. The Kier molecular flexibility index (Phi) is 11.2. The average molecular weight is 747 g/mol. The van der Waals surface area contributed by atoms with Gasteiger partial charge in [0.25, 0.3) is 5.69 Å². The summed E-state index contributed by atoms with van der Waals surface area (Å²) >= 11 is 12.8. The number of rotatable bonds is 4. The van der Waals surface area contributed by atoms with Crippen LogP contribution in [0.15, 0.2) is 54.1 Å². The average Bonchev–Trinajstić information content (AvgIpc) is 3.74. The van der Waals surface area contributed by atoms with Crippen LogP contribution in [0.25, 0.3) is 0 Å². The van der Waals surface area contributed by atoms with Crippen molar-refractivity contribution in [3.63, 3.8) is 0 Å².